The summed E-state index contributed by atoms with van der Waals surface area (Å²) in [5.41, 5.74) is -0.774. The van der Waals surface area contributed by atoms with E-state index in [1.54, 1.807) is 0 Å². The summed E-state index contributed by atoms with van der Waals surface area (Å²) in [7, 11) is 0. The molecule has 0 aliphatic heterocycles. The highest BCUT2D eigenvalue weighted by Gasteiger charge is 2.26. The predicted molar refractivity (Wildman–Crippen MR) is 67.5 cm³/mol. The van der Waals surface area contributed by atoms with Crippen LogP contribution in [-0.2, 0) is 19.1 Å². The molecule has 0 aliphatic carbocycles. The highest BCUT2D eigenvalue weighted by Crippen LogP contribution is 2.02. The maximum atomic E-state index is 11.3. The Balaban J connectivity index is 5.24. The zero-order valence-corrected chi connectivity index (χ0v) is 11.4. The van der Waals surface area contributed by atoms with E-state index in [0.717, 1.165) is 0 Å². The molecule has 0 saturated carbocycles. The summed E-state index contributed by atoms with van der Waals surface area (Å²) in [6.07, 6.45) is -3.35. The van der Waals surface area contributed by atoms with Crippen molar-refractivity contribution in [3.05, 3.63) is 11.6 Å². The molecule has 0 aromatic carbocycles. The molecule has 0 fully saturated rings. The van der Waals surface area contributed by atoms with Gasteiger partial charge in [-0.05, 0) is 13.8 Å². The molecular formula is C11H16N2O8. The van der Waals surface area contributed by atoms with Crippen molar-refractivity contribution in [2.24, 2.45) is 0 Å². The van der Waals surface area contributed by atoms with Crippen LogP contribution in [0.1, 0.15) is 13.8 Å². The van der Waals surface area contributed by atoms with Gasteiger partial charge >= 0.3 is 24.1 Å². The summed E-state index contributed by atoms with van der Waals surface area (Å²) in [6.45, 7) is 3.03. The van der Waals surface area contributed by atoms with Gasteiger partial charge in [-0.1, -0.05) is 0 Å². The summed E-state index contributed by atoms with van der Waals surface area (Å²) in [4.78, 5) is 44.3. The molecule has 0 atom stereocenters. The maximum absolute atomic E-state index is 11.3. The molecular weight excluding hydrogens is 288 g/mol. The van der Waals surface area contributed by atoms with Gasteiger partial charge in [-0.25, -0.2) is 19.2 Å². The summed E-state index contributed by atoms with van der Waals surface area (Å²) in [5.74, 6) is -3.20. The first-order valence-corrected chi connectivity index (χ1v) is 5.86. The van der Waals surface area contributed by atoms with E-state index in [4.69, 9.17) is 10.2 Å². The van der Waals surface area contributed by atoms with Gasteiger partial charge < -0.3 is 19.7 Å². The molecule has 21 heavy (non-hydrogen) atoms. The Hall–Kier alpha value is -2.78. The summed E-state index contributed by atoms with van der Waals surface area (Å²) in [6, 6.07) is 0. The quantitative estimate of drug-likeness (QED) is 0.376. The van der Waals surface area contributed by atoms with Crippen LogP contribution in [0.4, 0.5) is 9.59 Å². The number of ether oxygens (including phenoxy) is 2. The van der Waals surface area contributed by atoms with E-state index in [9.17, 15) is 19.2 Å². The van der Waals surface area contributed by atoms with E-state index >= 15 is 0 Å². The fourth-order valence-electron chi connectivity index (χ4n) is 1.17. The largest absolute Gasteiger partial charge is 0.478 e. The number of carboxylic acids is 2. The average Bonchev–Trinajstić information content (AvgIpc) is 2.35. The lowest BCUT2D eigenvalue weighted by Gasteiger charge is -2.19. The first kappa shape index (κ1) is 18.2. The summed E-state index contributed by atoms with van der Waals surface area (Å²) in [5, 5.41) is 21.6. The monoisotopic (exact) mass is 304 g/mol. The predicted octanol–water partition coefficient (Wildman–Crippen LogP) is -0.0997. The summed E-state index contributed by atoms with van der Waals surface area (Å²) >= 11 is 0. The minimum Gasteiger partial charge on any atom is -0.478 e. The number of rotatable bonds is 7. The first-order chi connectivity index (χ1) is 9.81. The number of hydrogen-bond acceptors (Lipinski definition) is 6. The lowest BCUT2D eigenvalue weighted by atomic mass is 10.2. The van der Waals surface area contributed by atoms with Crippen molar-refractivity contribution in [3.8, 4) is 0 Å². The second-order valence-corrected chi connectivity index (χ2v) is 3.41. The van der Waals surface area contributed by atoms with E-state index in [2.05, 4.69) is 9.47 Å². The number of carbonyl (C=O) groups is 4. The molecule has 118 valence electrons. The van der Waals surface area contributed by atoms with E-state index in [1.165, 1.54) is 13.8 Å². The van der Waals surface area contributed by atoms with Crippen LogP contribution in [0.5, 0.6) is 0 Å². The lowest BCUT2D eigenvalue weighted by Crippen LogP contribution is -2.51. The van der Waals surface area contributed by atoms with Crippen LogP contribution in [0.3, 0.4) is 0 Å². The standard InChI is InChI=1S/C11H16N2O8/c1-3-20-10(18)12-8(13-11(19)21-4-2)6(9(16)17)5-7(14)15/h5,8H,3-4H2,1-2H3,(H,12,18)(H,13,19)(H,14,15)(H,16,17)/b6-5+. The summed E-state index contributed by atoms with van der Waals surface area (Å²) < 4.78 is 9.08. The molecule has 0 bridgehead atoms. The van der Waals surface area contributed by atoms with E-state index in [0.29, 0.717) is 6.08 Å². The van der Waals surface area contributed by atoms with Crippen LogP contribution in [-0.4, -0.2) is 53.7 Å². The van der Waals surface area contributed by atoms with Crippen LogP contribution in [0.15, 0.2) is 11.6 Å². The Kier molecular flexibility index (Phi) is 7.96. The van der Waals surface area contributed by atoms with Crippen molar-refractivity contribution in [1.29, 1.82) is 0 Å². The van der Waals surface area contributed by atoms with Crippen LogP contribution < -0.4 is 10.6 Å². The van der Waals surface area contributed by atoms with Crippen molar-refractivity contribution in [3.63, 3.8) is 0 Å². The third-order valence-electron chi connectivity index (χ3n) is 1.91. The normalized spacial score (nSPS) is 10.7. The van der Waals surface area contributed by atoms with Crippen molar-refractivity contribution in [1.82, 2.24) is 10.6 Å². The van der Waals surface area contributed by atoms with E-state index in [1.807, 2.05) is 10.6 Å². The van der Waals surface area contributed by atoms with Crippen LogP contribution in [0, 0.1) is 0 Å². The van der Waals surface area contributed by atoms with Gasteiger partial charge in [0.15, 0.2) is 0 Å². The molecule has 0 heterocycles. The van der Waals surface area contributed by atoms with Crippen molar-refractivity contribution in [2.45, 2.75) is 20.0 Å². The van der Waals surface area contributed by atoms with Gasteiger partial charge in [-0.2, -0.15) is 0 Å². The number of carbonyl (C=O) groups excluding carboxylic acids is 2. The van der Waals surface area contributed by atoms with E-state index < -0.39 is 35.9 Å². The van der Waals surface area contributed by atoms with Gasteiger partial charge in [-0.15, -0.1) is 0 Å². The highest BCUT2D eigenvalue weighted by atomic mass is 16.6. The number of alkyl carbamates (subject to hydrolysis) is 2. The lowest BCUT2D eigenvalue weighted by molar-refractivity contribution is -0.135. The molecule has 0 aliphatic rings. The Morgan fingerprint density at radius 2 is 1.43 bits per heavy atom. The van der Waals surface area contributed by atoms with Crippen molar-refractivity contribution < 1.29 is 38.9 Å². The third kappa shape index (κ3) is 7.40. The number of aliphatic carboxylic acids is 2. The Bertz CT molecular complexity index is 426. The Morgan fingerprint density at radius 3 is 1.71 bits per heavy atom. The fraction of sp³-hybridized carbons (Fsp3) is 0.455. The average molecular weight is 304 g/mol. The van der Waals surface area contributed by atoms with Crippen LogP contribution in [0.25, 0.3) is 0 Å². The van der Waals surface area contributed by atoms with Gasteiger partial charge in [0.25, 0.3) is 0 Å². The van der Waals surface area contributed by atoms with Crippen LogP contribution in [0.2, 0.25) is 0 Å². The molecule has 0 unspecified atom stereocenters. The molecule has 2 amide bonds. The smallest absolute Gasteiger partial charge is 0.409 e. The zero-order chi connectivity index (χ0) is 16.4. The minimum atomic E-state index is -1.64. The topological polar surface area (TPSA) is 151 Å². The second kappa shape index (κ2) is 9.18. The van der Waals surface area contributed by atoms with Gasteiger partial charge in [0.05, 0.1) is 18.8 Å². The van der Waals surface area contributed by atoms with E-state index in [-0.39, 0.29) is 13.2 Å². The number of carboxylic acid groups (broad SMARTS) is 2. The molecule has 0 spiro atoms. The van der Waals surface area contributed by atoms with Gasteiger partial charge in [0.2, 0.25) is 0 Å². The molecule has 10 heteroatoms. The SMILES string of the molecule is CCOC(=O)NC(NC(=O)OCC)/C(=C\C(=O)O)C(=O)O. The zero-order valence-electron chi connectivity index (χ0n) is 11.4. The molecule has 10 nitrogen and oxygen atoms in total. The van der Waals surface area contributed by atoms with Crippen LogP contribution >= 0.6 is 0 Å². The Labute approximate surface area is 119 Å². The number of amides is 2. The molecule has 0 aromatic heterocycles. The number of hydrogen-bond donors (Lipinski definition) is 4. The second-order valence-electron chi connectivity index (χ2n) is 3.41. The minimum absolute atomic E-state index is 0.00299. The Morgan fingerprint density at radius 1 is 1.00 bits per heavy atom. The molecule has 0 radical (unpaired) electrons. The fourth-order valence-corrected chi connectivity index (χ4v) is 1.17. The first-order valence-electron chi connectivity index (χ1n) is 5.86. The third-order valence-corrected chi connectivity index (χ3v) is 1.91. The highest BCUT2D eigenvalue weighted by molar-refractivity contribution is 5.96. The molecule has 4 N–H and O–H groups in total. The van der Waals surface area contributed by atoms with Crippen molar-refractivity contribution in [2.75, 3.05) is 13.2 Å². The van der Waals surface area contributed by atoms with Gasteiger partial charge in [0.1, 0.15) is 6.17 Å². The molecule has 0 rings (SSSR count). The maximum Gasteiger partial charge on any atom is 0.409 e. The van der Waals surface area contributed by atoms with Gasteiger partial charge in [-0.3, -0.25) is 10.6 Å². The molecule has 0 aromatic rings. The van der Waals surface area contributed by atoms with Gasteiger partial charge in [0, 0.05) is 6.08 Å². The number of nitrogens with one attached hydrogen (secondary N) is 2. The molecule has 0 saturated heterocycles. The van der Waals surface area contributed by atoms with Crippen molar-refractivity contribution >= 4 is 24.1 Å².